The number of nitrogens with zero attached hydrogens (tertiary/aromatic N) is 2. The largest absolute Gasteiger partial charge is 0.378 e. The van der Waals surface area contributed by atoms with E-state index < -0.39 is 0 Å². The van der Waals surface area contributed by atoms with Gasteiger partial charge in [0.1, 0.15) is 5.82 Å². The van der Waals surface area contributed by atoms with Gasteiger partial charge in [-0.15, -0.1) is 0 Å². The molecule has 0 bridgehead atoms. The van der Waals surface area contributed by atoms with E-state index in [1.807, 2.05) is 79.7 Å². The van der Waals surface area contributed by atoms with Gasteiger partial charge in [0.05, 0.1) is 11.7 Å². The van der Waals surface area contributed by atoms with Gasteiger partial charge < -0.3 is 4.90 Å². The maximum absolute atomic E-state index is 14.1. The summed E-state index contributed by atoms with van der Waals surface area (Å²) in [5.74, 6) is -0.306. The smallest absolute Gasteiger partial charge is 0.149 e. The summed E-state index contributed by atoms with van der Waals surface area (Å²) < 4.78 is 14.1. The highest BCUT2D eigenvalue weighted by atomic mass is 19.1. The van der Waals surface area contributed by atoms with Gasteiger partial charge in [0, 0.05) is 30.7 Å². The van der Waals surface area contributed by atoms with Crippen molar-refractivity contribution in [3.05, 3.63) is 71.7 Å². The summed E-state index contributed by atoms with van der Waals surface area (Å²) in [5.41, 5.74) is 3.54. The molecule has 0 unspecified atom stereocenters. The zero-order chi connectivity index (χ0) is 15.5. The number of rotatable bonds is 3. The Bertz CT molecular complexity index is 820. The van der Waals surface area contributed by atoms with Crippen molar-refractivity contribution in [1.29, 1.82) is 0 Å². The van der Waals surface area contributed by atoms with E-state index in [0.717, 1.165) is 22.2 Å². The highest BCUT2D eigenvalue weighted by Gasteiger charge is 2.05. The predicted octanol–water partition coefficient (Wildman–Crippen LogP) is 4.61. The van der Waals surface area contributed by atoms with Crippen molar-refractivity contribution in [2.75, 3.05) is 19.0 Å². The summed E-state index contributed by atoms with van der Waals surface area (Å²) in [6.07, 6.45) is 5.01. The Morgan fingerprint density at radius 1 is 0.955 bits per heavy atom. The van der Waals surface area contributed by atoms with Gasteiger partial charge in [-0.1, -0.05) is 42.5 Å². The molecular weight excluding hydrogens is 275 g/mol. The Morgan fingerprint density at radius 2 is 1.68 bits per heavy atom. The summed E-state index contributed by atoms with van der Waals surface area (Å²) in [4.78, 5) is 6.16. The molecule has 0 saturated carbocycles. The van der Waals surface area contributed by atoms with Gasteiger partial charge in [0.15, 0.2) is 0 Å². The van der Waals surface area contributed by atoms with Crippen LogP contribution in [0, 0.1) is 5.82 Å². The molecule has 0 atom stereocenters. The van der Waals surface area contributed by atoms with E-state index >= 15 is 0 Å². The highest BCUT2D eigenvalue weighted by Crippen LogP contribution is 2.22. The van der Waals surface area contributed by atoms with Crippen LogP contribution in [0.2, 0.25) is 0 Å². The number of hydrogen-bond acceptors (Lipinski definition) is 2. The van der Waals surface area contributed by atoms with Crippen molar-refractivity contribution in [2.45, 2.75) is 0 Å². The van der Waals surface area contributed by atoms with Gasteiger partial charge in [-0.05, 0) is 23.8 Å². The Morgan fingerprint density at radius 3 is 2.41 bits per heavy atom. The second-order valence-electron chi connectivity index (χ2n) is 5.36. The van der Waals surface area contributed by atoms with Crippen molar-refractivity contribution in [2.24, 2.45) is 0 Å². The minimum Gasteiger partial charge on any atom is -0.378 e. The lowest BCUT2D eigenvalue weighted by Crippen LogP contribution is -2.07. The number of benzene rings is 2. The number of halogens is 1. The summed E-state index contributed by atoms with van der Waals surface area (Å²) >= 11 is 0. The molecule has 3 heteroatoms. The molecule has 1 aromatic heterocycles. The fourth-order valence-corrected chi connectivity index (χ4v) is 2.37. The fourth-order valence-electron chi connectivity index (χ4n) is 2.37. The minimum absolute atomic E-state index is 0.306. The molecule has 2 aromatic carbocycles. The van der Waals surface area contributed by atoms with Crippen molar-refractivity contribution >= 4 is 28.7 Å². The molecule has 0 aliphatic carbocycles. The lowest BCUT2D eigenvalue weighted by atomic mass is 10.1. The Hall–Kier alpha value is -2.68. The summed E-state index contributed by atoms with van der Waals surface area (Å²) in [7, 11) is 4.01. The zero-order valence-electron chi connectivity index (χ0n) is 12.6. The van der Waals surface area contributed by atoms with Crippen LogP contribution in [0.4, 0.5) is 10.1 Å². The number of fused-ring (bicyclic) bond motifs is 1. The van der Waals surface area contributed by atoms with E-state index in [2.05, 4.69) is 4.98 Å². The first-order valence-electron chi connectivity index (χ1n) is 7.14. The Labute approximate surface area is 129 Å². The molecule has 2 nitrogen and oxygen atoms in total. The van der Waals surface area contributed by atoms with Gasteiger partial charge in [0.25, 0.3) is 0 Å². The topological polar surface area (TPSA) is 16.1 Å². The number of hydrogen-bond donors (Lipinski definition) is 0. The lowest BCUT2D eigenvalue weighted by molar-refractivity contribution is 0.621. The second-order valence-corrected chi connectivity index (χ2v) is 5.36. The average Bonchev–Trinajstić information content (AvgIpc) is 2.54. The standard InChI is InChI=1S/C19H17FN2/c1-22(2)15-10-7-14(8-11-15)9-12-16-17-5-3-4-6-19(17)21-13-18(16)20/h3-13H,1-2H3/b12-9-. The molecule has 22 heavy (non-hydrogen) atoms. The van der Waals surface area contributed by atoms with Crippen LogP contribution >= 0.6 is 0 Å². The van der Waals surface area contributed by atoms with E-state index in [1.54, 1.807) is 0 Å². The molecule has 1 heterocycles. The maximum atomic E-state index is 14.1. The summed E-state index contributed by atoms with van der Waals surface area (Å²) in [5, 5.41) is 0.823. The van der Waals surface area contributed by atoms with Crippen LogP contribution in [0.25, 0.3) is 23.1 Å². The number of aromatic nitrogens is 1. The normalized spacial score (nSPS) is 11.2. The molecule has 0 N–H and O–H groups in total. The van der Waals surface area contributed by atoms with E-state index in [-0.39, 0.29) is 5.82 Å². The molecule has 0 spiro atoms. The SMILES string of the molecule is CN(C)c1ccc(/C=C\c2c(F)cnc3ccccc23)cc1. The monoisotopic (exact) mass is 292 g/mol. The third-order valence-corrected chi connectivity index (χ3v) is 3.62. The first-order chi connectivity index (χ1) is 10.6. The molecule has 3 rings (SSSR count). The molecule has 110 valence electrons. The fraction of sp³-hybridized carbons (Fsp3) is 0.105. The average molecular weight is 292 g/mol. The van der Waals surface area contributed by atoms with Crippen LogP contribution in [0.3, 0.4) is 0 Å². The van der Waals surface area contributed by atoms with Gasteiger partial charge in [-0.25, -0.2) is 4.39 Å². The quantitative estimate of drug-likeness (QED) is 0.700. The van der Waals surface area contributed by atoms with Gasteiger partial charge in [0.2, 0.25) is 0 Å². The van der Waals surface area contributed by atoms with Crippen LogP contribution in [-0.2, 0) is 0 Å². The molecular formula is C19H17FN2. The van der Waals surface area contributed by atoms with Crippen LogP contribution in [-0.4, -0.2) is 19.1 Å². The molecule has 0 amide bonds. The van der Waals surface area contributed by atoms with Crippen LogP contribution in [0.5, 0.6) is 0 Å². The van der Waals surface area contributed by atoms with E-state index in [9.17, 15) is 4.39 Å². The molecule has 0 saturated heterocycles. The van der Waals surface area contributed by atoms with E-state index in [0.29, 0.717) is 5.56 Å². The van der Waals surface area contributed by atoms with E-state index in [4.69, 9.17) is 0 Å². The van der Waals surface area contributed by atoms with Gasteiger partial charge in [-0.2, -0.15) is 0 Å². The first-order valence-corrected chi connectivity index (χ1v) is 7.14. The summed E-state index contributed by atoms with van der Waals surface area (Å²) in [6, 6.07) is 15.7. The van der Waals surface area contributed by atoms with Crippen LogP contribution < -0.4 is 4.90 Å². The molecule has 3 aromatic rings. The van der Waals surface area contributed by atoms with Crippen LogP contribution in [0.1, 0.15) is 11.1 Å². The molecule has 0 aliphatic heterocycles. The molecule has 0 fully saturated rings. The number of para-hydroxylation sites is 1. The highest BCUT2D eigenvalue weighted by molar-refractivity contribution is 5.90. The van der Waals surface area contributed by atoms with Gasteiger partial charge >= 0.3 is 0 Å². The molecule has 0 radical (unpaired) electrons. The van der Waals surface area contributed by atoms with E-state index in [1.165, 1.54) is 6.20 Å². The predicted molar refractivity (Wildman–Crippen MR) is 91.4 cm³/mol. The Kier molecular flexibility index (Phi) is 3.88. The lowest BCUT2D eigenvalue weighted by Gasteiger charge is -2.11. The molecule has 0 aliphatic rings. The minimum atomic E-state index is -0.306. The second kappa shape index (κ2) is 5.98. The third-order valence-electron chi connectivity index (χ3n) is 3.62. The van der Waals surface area contributed by atoms with Gasteiger partial charge in [-0.3, -0.25) is 4.98 Å². The van der Waals surface area contributed by atoms with Crippen LogP contribution in [0.15, 0.2) is 54.7 Å². The Balaban J connectivity index is 1.97. The summed E-state index contributed by atoms with van der Waals surface area (Å²) in [6.45, 7) is 0. The maximum Gasteiger partial charge on any atom is 0.149 e. The van der Waals surface area contributed by atoms with Crippen molar-refractivity contribution in [3.8, 4) is 0 Å². The third kappa shape index (κ3) is 2.84. The van der Waals surface area contributed by atoms with Crippen molar-refractivity contribution in [1.82, 2.24) is 4.98 Å². The van der Waals surface area contributed by atoms with Crippen molar-refractivity contribution < 1.29 is 4.39 Å². The number of pyridine rings is 1. The first kappa shape index (κ1) is 14.3. The zero-order valence-corrected chi connectivity index (χ0v) is 12.6. The number of anilines is 1. The van der Waals surface area contributed by atoms with Crippen molar-refractivity contribution in [3.63, 3.8) is 0 Å².